The predicted octanol–water partition coefficient (Wildman–Crippen LogP) is 2.99. The van der Waals surface area contributed by atoms with E-state index in [0.29, 0.717) is 29.5 Å². The first-order valence-corrected chi connectivity index (χ1v) is 9.11. The standard InChI is InChI=1S/C21H24N2O6/c1-4-27-18-7-5-6-8-19(18)28-13-20(25)29-14(2)21(26)23-17-11-9-16(10-12-17)22-15(3)24/h5-12,14H,4,13H2,1-3H3,(H,22,24)(H,23,26)/t14-/m0/s1. The molecule has 2 aromatic carbocycles. The van der Waals surface area contributed by atoms with Crippen LogP contribution < -0.4 is 20.1 Å². The summed E-state index contributed by atoms with van der Waals surface area (Å²) in [5.41, 5.74) is 1.12. The van der Waals surface area contributed by atoms with Crippen LogP contribution in [-0.2, 0) is 19.1 Å². The molecule has 0 aromatic heterocycles. The first-order valence-electron chi connectivity index (χ1n) is 9.11. The fourth-order valence-corrected chi connectivity index (χ4v) is 2.35. The zero-order valence-electron chi connectivity index (χ0n) is 16.6. The second-order valence-electron chi connectivity index (χ2n) is 6.05. The van der Waals surface area contributed by atoms with E-state index in [1.54, 1.807) is 48.5 Å². The molecule has 29 heavy (non-hydrogen) atoms. The highest BCUT2D eigenvalue weighted by Gasteiger charge is 2.19. The third-order valence-electron chi connectivity index (χ3n) is 3.64. The van der Waals surface area contributed by atoms with Gasteiger partial charge in [0.1, 0.15) is 0 Å². The molecule has 0 spiro atoms. The van der Waals surface area contributed by atoms with E-state index in [9.17, 15) is 14.4 Å². The van der Waals surface area contributed by atoms with Crippen LogP contribution in [0.3, 0.4) is 0 Å². The number of carbonyl (C=O) groups is 3. The van der Waals surface area contributed by atoms with Crippen LogP contribution in [0.25, 0.3) is 0 Å². The Bertz CT molecular complexity index is 851. The fraction of sp³-hybridized carbons (Fsp3) is 0.286. The summed E-state index contributed by atoms with van der Waals surface area (Å²) in [6.45, 7) is 4.83. The summed E-state index contributed by atoms with van der Waals surface area (Å²) in [5, 5.41) is 5.27. The van der Waals surface area contributed by atoms with Crippen LogP contribution in [0.5, 0.6) is 11.5 Å². The predicted molar refractivity (Wildman–Crippen MR) is 108 cm³/mol. The molecule has 8 nitrogen and oxygen atoms in total. The Labute approximate surface area is 169 Å². The molecular weight excluding hydrogens is 376 g/mol. The Balaban J connectivity index is 1.82. The lowest BCUT2D eigenvalue weighted by Gasteiger charge is -2.15. The van der Waals surface area contributed by atoms with E-state index in [2.05, 4.69) is 10.6 Å². The maximum absolute atomic E-state index is 12.2. The molecule has 0 bridgehead atoms. The summed E-state index contributed by atoms with van der Waals surface area (Å²) in [6, 6.07) is 13.5. The second kappa shape index (κ2) is 10.7. The van der Waals surface area contributed by atoms with Gasteiger partial charge in [-0.15, -0.1) is 0 Å². The van der Waals surface area contributed by atoms with Crippen molar-refractivity contribution in [2.45, 2.75) is 26.9 Å². The van der Waals surface area contributed by atoms with Gasteiger partial charge in [-0.3, -0.25) is 9.59 Å². The van der Waals surface area contributed by atoms with Crippen molar-refractivity contribution in [3.8, 4) is 11.5 Å². The number of hydrogen-bond acceptors (Lipinski definition) is 6. The number of rotatable bonds is 9. The number of anilines is 2. The molecule has 2 N–H and O–H groups in total. The van der Waals surface area contributed by atoms with Gasteiger partial charge >= 0.3 is 5.97 Å². The first kappa shape index (κ1) is 21.7. The van der Waals surface area contributed by atoms with Crippen LogP contribution in [0.4, 0.5) is 11.4 Å². The fourth-order valence-electron chi connectivity index (χ4n) is 2.35. The number of ether oxygens (including phenoxy) is 3. The van der Waals surface area contributed by atoms with Crippen molar-refractivity contribution in [3.63, 3.8) is 0 Å². The van der Waals surface area contributed by atoms with E-state index in [1.807, 2.05) is 6.92 Å². The molecule has 0 aliphatic rings. The van der Waals surface area contributed by atoms with Gasteiger partial charge in [0.2, 0.25) is 5.91 Å². The molecule has 0 radical (unpaired) electrons. The van der Waals surface area contributed by atoms with Gasteiger partial charge in [0, 0.05) is 18.3 Å². The van der Waals surface area contributed by atoms with E-state index in [-0.39, 0.29) is 12.5 Å². The molecule has 0 saturated carbocycles. The van der Waals surface area contributed by atoms with Crippen molar-refractivity contribution < 1.29 is 28.6 Å². The highest BCUT2D eigenvalue weighted by molar-refractivity contribution is 5.95. The zero-order chi connectivity index (χ0) is 21.2. The Hall–Kier alpha value is -3.55. The molecule has 2 amide bonds. The van der Waals surface area contributed by atoms with Crippen LogP contribution in [0.1, 0.15) is 20.8 Å². The van der Waals surface area contributed by atoms with E-state index >= 15 is 0 Å². The Morgan fingerprint density at radius 3 is 2.00 bits per heavy atom. The summed E-state index contributed by atoms with van der Waals surface area (Å²) in [4.78, 5) is 35.2. The largest absolute Gasteiger partial charge is 0.490 e. The minimum Gasteiger partial charge on any atom is -0.490 e. The Kier molecular flexibility index (Phi) is 8.02. The monoisotopic (exact) mass is 400 g/mol. The molecule has 1 atom stereocenters. The number of benzene rings is 2. The topological polar surface area (TPSA) is 103 Å². The Morgan fingerprint density at radius 2 is 1.45 bits per heavy atom. The lowest BCUT2D eigenvalue weighted by Crippen LogP contribution is -2.31. The van der Waals surface area contributed by atoms with Gasteiger partial charge in [0.15, 0.2) is 24.2 Å². The number of hydrogen-bond donors (Lipinski definition) is 2. The van der Waals surface area contributed by atoms with Crippen molar-refractivity contribution in [2.24, 2.45) is 0 Å². The Morgan fingerprint density at radius 1 is 0.897 bits per heavy atom. The number of para-hydroxylation sites is 2. The summed E-state index contributed by atoms with van der Waals surface area (Å²) >= 11 is 0. The quantitative estimate of drug-likeness (QED) is 0.627. The van der Waals surface area contributed by atoms with Gasteiger partial charge < -0.3 is 24.8 Å². The van der Waals surface area contributed by atoms with Crippen LogP contribution in [0, 0.1) is 0 Å². The van der Waals surface area contributed by atoms with Crippen molar-refractivity contribution in [2.75, 3.05) is 23.8 Å². The zero-order valence-corrected chi connectivity index (χ0v) is 16.6. The minimum absolute atomic E-state index is 0.187. The first-order chi connectivity index (χ1) is 13.9. The molecular formula is C21H24N2O6. The summed E-state index contributed by atoms with van der Waals surface area (Å²) < 4.78 is 16.0. The van der Waals surface area contributed by atoms with E-state index in [4.69, 9.17) is 14.2 Å². The third-order valence-corrected chi connectivity index (χ3v) is 3.64. The molecule has 0 fully saturated rings. The molecule has 154 valence electrons. The van der Waals surface area contributed by atoms with Crippen LogP contribution in [0.15, 0.2) is 48.5 Å². The van der Waals surface area contributed by atoms with Crippen molar-refractivity contribution in [1.82, 2.24) is 0 Å². The number of amides is 2. The number of esters is 1. The molecule has 2 aromatic rings. The van der Waals surface area contributed by atoms with Gasteiger partial charge in [0.25, 0.3) is 5.91 Å². The molecule has 0 aliphatic heterocycles. The SMILES string of the molecule is CCOc1ccccc1OCC(=O)O[C@@H](C)C(=O)Nc1ccc(NC(C)=O)cc1. The molecule has 2 rings (SSSR count). The normalized spacial score (nSPS) is 11.1. The highest BCUT2D eigenvalue weighted by Crippen LogP contribution is 2.26. The van der Waals surface area contributed by atoms with Crippen LogP contribution in [-0.4, -0.2) is 37.1 Å². The maximum Gasteiger partial charge on any atom is 0.344 e. The van der Waals surface area contributed by atoms with Gasteiger partial charge in [-0.1, -0.05) is 12.1 Å². The molecule has 0 unspecified atom stereocenters. The highest BCUT2D eigenvalue weighted by atomic mass is 16.6. The van der Waals surface area contributed by atoms with Crippen molar-refractivity contribution in [3.05, 3.63) is 48.5 Å². The summed E-state index contributed by atoms with van der Waals surface area (Å²) in [5.74, 6) is -0.410. The summed E-state index contributed by atoms with van der Waals surface area (Å²) in [7, 11) is 0. The summed E-state index contributed by atoms with van der Waals surface area (Å²) in [6.07, 6.45) is -1.01. The van der Waals surface area contributed by atoms with Crippen LogP contribution >= 0.6 is 0 Å². The maximum atomic E-state index is 12.2. The molecule has 0 aliphatic carbocycles. The number of nitrogens with one attached hydrogen (secondary N) is 2. The molecule has 0 saturated heterocycles. The van der Waals surface area contributed by atoms with E-state index in [1.165, 1.54) is 13.8 Å². The smallest absolute Gasteiger partial charge is 0.344 e. The van der Waals surface area contributed by atoms with Gasteiger partial charge in [-0.25, -0.2) is 4.79 Å². The lowest BCUT2D eigenvalue weighted by molar-refractivity contribution is -0.155. The third kappa shape index (κ3) is 7.17. The number of carbonyl (C=O) groups excluding carboxylic acids is 3. The van der Waals surface area contributed by atoms with E-state index < -0.39 is 18.0 Å². The van der Waals surface area contributed by atoms with Crippen molar-refractivity contribution >= 4 is 29.2 Å². The average Bonchev–Trinajstić information content (AvgIpc) is 2.68. The van der Waals surface area contributed by atoms with Crippen LogP contribution in [0.2, 0.25) is 0 Å². The van der Waals surface area contributed by atoms with Gasteiger partial charge in [-0.2, -0.15) is 0 Å². The average molecular weight is 400 g/mol. The van der Waals surface area contributed by atoms with Crippen molar-refractivity contribution in [1.29, 1.82) is 0 Å². The lowest BCUT2D eigenvalue weighted by atomic mass is 10.2. The van der Waals surface area contributed by atoms with E-state index in [0.717, 1.165) is 0 Å². The van der Waals surface area contributed by atoms with Gasteiger partial charge in [-0.05, 0) is 50.2 Å². The molecule has 8 heteroatoms. The second-order valence-corrected chi connectivity index (χ2v) is 6.05. The molecule has 0 heterocycles. The van der Waals surface area contributed by atoms with Gasteiger partial charge in [0.05, 0.1) is 6.61 Å². The minimum atomic E-state index is -1.01.